The van der Waals surface area contributed by atoms with Crippen molar-refractivity contribution in [2.24, 2.45) is 5.41 Å². The minimum atomic E-state index is -1.46. The third kappa shape index (κ3) is 2.93. The summed E-state index contributed by atoms with van der Waals surface area (Å²) in [5.41, 5.74) is 0.785. The van der Waals surface area contributed by atoms with E-state index in [1.165, 1.54) is 0 Å². The first kappa shape index (κ1) is 20.4. The van der Waals surface area contributed by atoms with Gasteiger partial charge in [-0.15, -0.1) is 0 Å². The van der Waals surface area contributed by atoms with Gasteiger partial charge in [-0.2, -0.15) is 0 Å². The second kappa shape index (κ2) is 6.60. The van der Waals surface area contributed by atoms with E-state index in [0.717, 1.165) is 11.1 Å². The van der Waals surface area contributed by atoms with Crippen molar-refractivity contribution in [2.45, 2.75) is 77.2 Å². The fourth-order valence-corrected chi connectivity index (χ4v) is 4.22. The maximum absolute atomic E-state index is 10.7. The van der Waals surface area contributed by atoms with Gasteiger partial charge in [0.1, 0.15) is 47.6 Å². The van der Waals surface area contributed by atoms with Gasteiger partial charge in [0.2, 0.25) is 0 Å². The van der Waals surface area contributed by atoms with Crippen molar-refractivity contribution < 1.29 is 35.0 Å². The molecule has 27 heavy (non-hydrogen) atoms. The lowest BCUT2D eigenvalue weighted by Crippen LogP contribution is -2.70. The van der Waals surface area contributed by atoms with Crippen molar-refractivity contribution in [1.29, 1.82) is 0 Å². The van der Waals surface area contributed by atoms with Crippen LogP contribution < -0.4 is 4.74 Å². The van der Waals surface area contributed by atoms with Crippen LogP contribution in [-0.4, -0.2) is 68.3 Å². The highest BCUT2D eigenvalue weighted by Gasteiger charge is 2.59. The third-order valence-corrected chi connectivity index (χ3v) is 6.62. The highest BCUT2D eigenvalue weighted by atomic mass is 16.6. The van der Waals surface area contributed by atoms with E-state index < -0.39 is 48.1 Å². The number of phenols is 1. The second-order valence-corrected chi connectivity index (χ2v) is 8.65. The van der Waals surface area contributed by atoms with Gasteiger partial charge in [-0.3, -0.25) is 0 Å². The molecule has 0 aromatic heterocycles. The molecule has 0 aliphatic carbocycles. The first-order valence-electron chi connectivity index (χ1n) is 9.26. The van der Waals surface area contributed by atoms with Gasteiger partial charge in [-0.25, -0.2) is 0 Å². The summed E-state index contributed by atoms with van der Waals surface area (Å²) in [6, 6.07) is 1.70. The second-order valence-electron chi connectivity index (χ2n) is 8.65. The molecule has 6 atom stereocenters. The molecule has 7 heteroatoms. The topological polar surface area (TPSA) is 120 Å². The molecular weight excluding hydrogens is 352 g/mol. The molecule has 0 radical (unpaired) electrons. The molecule has 0 bridgehead atoms. The smallest absolute Gasteiger partial charge is 0.140 e. The monoisotopic (exact) mass is 382 g/mol. The van der Waals surface area contributed by atoms with Crippen molar-refractivity contribution in [3.05, 3.63) is 22.8 Å². The molecular formula is C20H30O7. The predicted molar refractivity (Wildman–Crippen MR) is 97.9 cm³/mol. The predicted octanol–water partition coefficient (Wildman–Crippen LogP) is 0.571. The van der Waals surface area contributed by atoms with Crippen LogP contribution in [0.3, 0.4) is 0 Å². The Hall–Kier alpha value is -1.38. The van der Waals surface area contributed by atoms with Crippen molar-refractivity contribution >= 4 is 0 Å². The minimum absolute atomic E-state index is 0.210. The van der Waals surface area contributed by atoms with Crippen LogP contribution in [0.4, 0.5) is 0 Å². The Labute approximate surface area is 159 Å². The molecule has 1 aromatic carbocycles. The van der Waals surface area contributed by atoms with Crippen LogP contribution in [0, 0.1) is 19.3 Å². The Morgan fingerprint density at radius 2 is 1.67 bits per heavy atom. The van der Waals surface area contributed by atoms with Crippen molar-refractivity contribution in [3.8, 4) is 11.5 Å². The molecule has 1 fully saturated rings. The minimum Gasteiger partial charge on any atom is -0.508 e. The summed E-state index contributed by atoms with van der Waals surface area (Å²) >= 11 is 0. The van der Waals surface area contributed by atoms with Crippen molar-refractivity contribution in [3.63, 3.8) is 0 Å². The lowest BCUT2D eigenvalue weighted by Gasteiger charge is -2.56. The Morgan fingerprint density at radius 1 is 1.04 bits per heavy atom. The molecule has 1 aromatic rings. The number of hydrogen-bond donors (Lipinski definition) is 5. The lowest BCUT2D eigenvalue weighted by molar-refractivity contribution is -0.280. The van der Waals surface area contributed by atoms with Gasteiger partial charge < -0.3 is 35.0 Å². The Balaban J connectivity index is 2.07. The number of aromatic hydroxyl groups is 1. The highest BCUT2D eigenvalue weighted by Crippen LogP contribution is 2.51. The summed E-state index contributed by atoms with van der Waals surface area (Å²) in [5, 5.41) is 50.7. The van der Waals surface area contributed by atoms with Crippen LogP contribution in [0.5, 0.6) is 11.5 Å². The number of hydrogen-bond acceptors (Lipinski definition) is 7. The zero-order chi connectivity index (χ0) is 20.3. The molecule has 7 nitrogen and oxygen atoms in total. The number of aliphatic hydroxyl groups excluding tert-OH is 4. The first-order valence-corrected chi connectivity index (χ1v) is 9.26. The standard InChI is InChI=1S/C20H30O7/c1-9-10(2)17-11(6-12(9)22)7-19(3,4)20(5,27-17)18-16(25)15(24)14(23)13(8-21)26-18/h6,13-16,18,21-25H,7-8H2,1-5H3/t13-,14-,15+,16-,18+,20?/m1/s1. The molecule has 2 heterocycles. The molecule has 1 unspecified atom stereocenters. The number of benzene rings is 1. The summed E-state index contributed by atoms with van der Waals surface area (Å²) in [5.74, 6) is 0.839. The quantitative estimate of drug-likeness (QED) is 0.507. The number of phenolic OH excluding ortho intramolecular Hbond substituents is 1. The fourth-order valence-electron chi connectivity index (χ4n) is 4.22. The van der Waals surface area contributed by atoms with Gasteiger partial charge in [0.25, 0.3) is 0 Å². The van der Waals surface area contributed by atoms with Crippen molar-refractivity contribution in [2.75, 3.05) is 6.61 Å². The highest BCUT2D eigenvalue weighted by molar-refractivity contribution is 5.54. The largest absolute Gasteiger partial charge is 0.508 e. The van der Waals surface area contributed by atoms with Crippen LogP contribution >= 0.6 is 0 Å². The Bertz CT molecular complexity index is 730. The lowest BCUT2D eigenvalue weighted by atomic mass is 9.65. The number of rotatable bonds is 2. The van der Waals surface area contributed by atoms with Crippen LogP contribution in [-0.2, 0) is 11.2 Å². The number of aliphatic hydroxyl groups is 4. The Morgan fingerprint density at radius 3 is 2.26 bits per heavy atom. The molecule has 2 aliphatic heterocycles. The van der Waals surface area contributed by atoms with Crippen LogP contribution in [0.2, 0.25) is 0 Å². The van der Waals surface area contributed by atoms with Crippen LogP contribution in [0.25, 0.3) is 0 Å². The molecule has 3 rings (SSSR count). The molecule has 2 aliphatic rings. The summed E-state index contributed by atoms with van der Waals surface area (Å²) in [6.45, 7) is 8.91. The van der Waals surface area contributed by atoms with Gasteiger partial charge in [0.05, 0.1) is 6.61 Å². The van der Waals surface area contributed by atoms with E-state index in [0.29, 0.717) is 17.7 Å². The summed E-state index contributed by atoms with van der Waals surface area (Å²) in [7, 11) is 0. The van der Waals surface area contributed by atoms with Gasteiger partial charge in [-0.1, -0.05) is 13.8 Å². The molecule has 0 spiro atoms. The molecule has 0 saturated carbocycles. The van der Waals surface area contributed by atoms with E-state index in [-0.39, 0.29) is 5.75 Å². The fraction of sp³-hybridized carbons (Fsp3) is 0.700. The molecule has 5 N–H and O–H groups in total. The summed E-state index contributed by atoms with van der Waals surface area (Å²) in [6.07, 6.45) is -5.65. The molecule has 0 amide bonds. The maximum atomic E-state index is 10.7. The van der Waals surface area contributed by atoms with Gasteiger partial charge in [0, 0.05) is 5.41 Å². The molecule has 152 valence electrons. The van der Waals surface area contributed by atoms with E-state index >= 15 is 0 Å². The van der Waals surface area contributed by atoms with E-state index in [4.69, 9.17) is 9.47 Å². The number of ether oxygens (including phenoxy) is 2. The van der Waals surface area contributed by atoms with Gasteiger partial charge >= 0.3 is 0 Å². The van der Waals surface area contributed by atoms with Gasteiger partial charge in [-0.05, 0) is 49.9 Å². The average molecular weight is 382 g/mol. The number of fused-ring (bicyclic) bond motifs is 1. The zero-order valence-electron chi connectivity index (χ0n) is 16.4. The Kier molecular flexibility index (Phi) is 4.98. The summed E-state index contributed by atoms with van der Waals surface area (Å²) < 4.78 is 12.3. The molecule has 1 saturated heterocycles. The summed E-state index contributed by atoms with van der Waals surface area (Å²) in [4.78, 5) is 0. The third-order valence-electron chi connectivity index (χ3n) is 6.62. The van der Waals surface area contributed by atoms with E-state index in [1.54, 1.807) is 13.0 Å². The normalized spacial score (nSPS) is 38.2. The SMILES string of the molecule is Cc1c(O)cc2c(c1C)OC(C)([C@H]1O[C@H](CO)[C@@H](O)[C@H](O)[C@H]1O)C(C)(C)C2. The van der Waals surface area contributed by atoms with E-state index in [9.17, 15) is 25.5 Å². The maximum Gasteiger partial charge on any atom is 0.140 e. The van der Waals surface area contributed by atoms with Crippen LogP contribution in [0.1, 0.15) is 37.5 Å². The van der Waals surface area contributed by atoms with Crippen LogP contribution in [0.15, 0.2) is 6.07 Å². The van der Waals surface area contributed by atoms with Gasteiger partial charge in [0.15, 0.2) is 0 Å². The first-order chi connectivity index (χ1) is 12.4. The zero-order valence-corrected chi connectivity index (χ0v) is 16.4. The average Bonchev–Trinajstić information content (AvgIpc) is 2.60. The van der Waals surface area contributed by atoms with E-state index in [2.05, 4.69) is 0 Å². The van der Waals surface area contributed by atoms with E-state index in [1.807, 2.05) is 27.7 Å². The van der Waals surface area contributed by atoms with Crippen molar-refractivity contribution in [1.82, 2.24) is 0 Å².